The van der Waals surface area contributed by atoms with E-state index < -0.39 is 11.6 Å². The van der Waals surface area contributed by atoms with Gasteiger partial charge in [-0.1, -0.05) is 6.07 Å². The van der Waals surface area contributed by atoms with Crippen LogP contribution in [0.2, 0.25) is 0 Å². The van der Waals surface area contributed by atoms with Crippen molar-refractivity contribution in [2.45, 2.75) is 12.5 Å². The van der Waals surface area contributed by atoms with Crippen LogP contribution >= 0.6 is 0 Å². The summed E-state index contributed by atoms with van der Waals surface area (Å²) in [6, 6.07) is 4.85. The van der Waals surface area contributed by atoms with Crippen molar-refractivity contribution in [3.8, 4) is 6.07 Å². The predicted molar refractivity (Wildman–Crippen MR) is 59.4 cm³/mol. The van der Waals surface area contributed by atoms with Crippen LogP contribution in [0.25, 0.3) is 0 Å². The molecule has 4 nitrogen and oxygen atoms in total. The number of hydrogen-bond acceptors (Lipinski definition) is 2. The van der Waals surface area contributed by atoms with Crippen molar-refractivity contribution in [1.82, 2.24) is 10.2 Å². The van der Waals surface area contributed by atoms with E-state index in [9.17, 15) is 13.6 Å². The van der Waals surface area contributed by atoms with Crippen LogP contribution < -0.4 is 5.32 Å². The highest BCUT2D eigenvalue weighted by atomic mass is 19.2. The van der Waals surface area contributed by atoms with Crippen molar-refractivity contribution in [3.05, 3.63) is 35.4 Å². The van der Waals surface area contributed by atoms with Gasteiger partial charge < -0.3 is 10.2 Å². The van der Waals surface area contributed by atoms with E-state index in [1.807, 2.05) is 6.07 Å². The lowest BCUT2D eigenvalue weighted by Crippen LogP contribution is -2.28. The van der Waals surface area contributed by atoms with E-state index in [1.54, 1.807) is 0 Å². The second-order valence-electron chi connectivity index (χ2n) is 4.03. The Hall–Kier alpha value is -2.16. The van der Waals surface area contributed by atoms with Crippen molar-refractivity contribution in [1.29, 1.82) is 5.26 Å². The molecule has 0 spiro atoms. The molecule has 1 atom stereocenters. The van der Waals surface area contributed by atoms with Crippen molar-refractivity contribution >= 4 is 6.03 Å². The average Bonchev–Trinajstić information content (AvgIpc) is 2.72. The maximum atomic E-state index is 13.1. The number of nitriles is 1. The van der Waals surface area contributed by atoms with E-state index in [4.69, 9.17) is 5.26 Å². The second-order valence-corrected chi connectivity index (χ2v) is 4.03. The number of benzene rings is 1. The highest BCUT2D eigenvalue weighted by molar-refractivity contribution is 5.77. The van der Waals surface area contributed by atoms with Gasteiger partial charge in [-0.05, 0) is 17.7 Å². The molecule has 1 unspecified atom stereocenters. The summed E-state index contributed by atoms with van der Waals surface area (Å²) in [6.45, 7) is 0.689. The first kappa shape index (κ1) is 12.3. The quantitative estimate of drug-likeness (QED) is 0.892. The molecule has 1 N–H and O–H groups in total. The van der Waals surface area contributed by atoms with Crippen LogP contribution in [0.4, 0.5) is 13.6 Å². The summed E-state index contributed by atoms with van der Waals surface area (Å²) < 4.78 is 25.9. The van der Waals surface area contributed by atoms with Gasteiger partial charge in [0.2, 0.25) is 0 Å². The third-order valence-electron chi connectivity index (χ3n) is 2.83. The van der Waals surface area contributed by atoms with Crippen LogP contribution in [-0.2, 0) is 0 Å². The molecular weight excluding hydrogens is 240 g/mol. The molecule has 1 aromatic carbocycles. The van der Waals surface area contributed by atoms with Gasteiger partial charge in [-0.15, -0.1) is 0 Å². The fourth-order valence-corrected chi connectivity index (χ4v) is 1.88. The minimum absolute atomic E-state index is 0.248. The van der Waals surface area contributed by atoms with Crippen LogP contribution in [0.15, 0.2) is 18.2 Å². The first-order valence-electron chi connectivity index (χ1n) is 5.49. The smallest absolute Gasteiger partial charge is 0.318 e. The monoisotopic (exact) mass is 251 g/mol. The first-order valence-corrected chi connectivity index (χ1v) is 5.49. The van der Waals surface area contributed by atoms with Crippen molar-refractivity contribution in [3.63, 3.8) is 0 Å². The first-order chi connectivity index (χ1) is 8.61. The van der Waals surface area contributed by atoms with Crippen molar-refractivity contribution < 1.29 is 13.6 Å². The zero-order valence-corrected chi connectivity index (χ0v) is 9.49. The van der Waals surface area contributed by atoms with Gasteiger partial charge in [-0.3, -0.25) is 0 Å². The summed E-state index contributed by atoms with van der Waals surface area (Å²) in [7, 11) is 0. The molecule has 2 rings (SSSR count). The predicted octanol–water partition coefficient (Wildman–Crippen LogP) is 1.94. The molecule has 1 aliphatic rings. The topological polar surface area (TPSA) is 56.1 Å². The third-order valence-corrected chi connectivity index (χ3v) is 2.83. The summed E-state index contributed by atoms with van der Waals surface area (Å²) >= 11 is 0. The molecule has 1 heterocycles. The van der Waals surface area contributed by atoms with Gasteiger partial charge in [0.25, 0.3) is 0 Å². The average molecular weight is 251 g/mol. The van der Waals surface area contributed by atoms with Gasteiger partial charge in [0.1, 0.15) is 0 Å². The van der Waals surface area contributed by atoms with E-state index >= 15 is 0 Å². The molecule has 0 aromatic heterocycles. The summed E-state index contributed by atoms with van der Waals surface area (Å²) in [5.41, 5.74) is 0.515. The molecule has 18 heavy (non-hydrogen) atoms. The Morgan fingerprint density at radius 2 is 2.22 bits per heavy atom. The Morgan fingerprint density at radius 1 is 1.44 bits per heavy atom. The number of urea groups is 1. The number of amides is 2. The zero-order valence-electron chi connectivity index (χ0n) is 9.49. The van der Waals surface area contributed by atoms with Crippen LogP contribution in [0.1, 0.15) is 18.0 Å². The van der Waals surface area contributed by atoms with E-state index in [0.29, 0.717) is 18.7 Å². The SMILES string of the molecule is N#CCCN1CC(c2ccc(F)c(F)c2)NC1=O. The van der Waals surface area contributed by atoms with Gasteiger partial charge in [0.05, 0.1) is 18.5 Å². The molecule has 94 valence electrons. The number of nitrogens with zero attached hydrogens (tertiary/aromatic N) is 2. The van der Waals surface area contributed by atoms with Crippen molar-refractivity contribution in [2.75, 3.05) is 13.1 Å². The Labute approximate surface area is 103 Å². The lowest BCUT2D eigenvalue weighted by molar-refractivity contribution is 0.218. The minimum atomic E-state index is -0.933. The zero-order chi connectivity index (χ0) is 13.1. The molecule has 0 aliphatic carbocycles. The maximum absolute atomic E-state index is 13.1. The Bertz CT molecular complexity index is 513. The molecule has 1 saturated heterocycles. The normalized spacial score (nSPS) is 18.6. The van der Waals surface area contributed by atoms with Gasteiger partial charge in [-0.2, -0.15) is 5.26 Å². The van der Waals surface area contributed by atoms with E-state index in [1.165, 1.54) is 11.0 Å². The Balaban J connectivity index is 2.09. The summed E-state index contributed by atoms with van der Waals surface area (Å²) in [5, 5.41) is 11.1. The molecule has 0 saturated carbocycles. The number of carbonyl (C=O) groups excluding carboxylic acids is 1. The van der Waals surface area contributed by atoms with Crippen molar-refractivity contribution in [2.24, 2.45) is 0 Å². The number of hydrogen-bond donors (Lipinski definition) is 1. The summed E-state index contributed by atoms with van der Waals surface area (Å²) in [6.07, 6.45) is 0.248. The standard InChI is InChI=1S/C12H11F2N3O/c13-9-3-2-8(6-10(9)14)11-7-17(5-1-4-15)12(18)16-11/h2-3,6,11H,1,5,7H2,(H,16,18). The molecule has 1 aliphatic heterocycles. The number of carbonyl (C=O) groups is 1. The fraction of sp³-hybridized carbons (Fsp3) is 0.333. The van der Waals surface area contributed by atoms with E-state index in [0.717, 1.165) is 12.1 Å². The van der Waals surface area contributed by atoms with Gasteiger partial charge in [-0.25, -0.2) is 13.6 Å². The highest BCUT2D eigenvalue weighted by Gasteiger charge is 2.29. The molecule has 6 heteroatoms. The van der Waals surface area contributed by atoms with Crippen LogP contribution in [-0.4, -0.2) is 24.0 Å². The number of halogens is 2. The van der Waals surface area contributed by atoms with E-state index in [2.05, 4.69) is 5.32 Å². The molecule has 0 radical (unpaired) electrons. The van der Waals surface area contributed by atoms with Gasteiger partial charge in [0.15, 0.2) is 11.6 Å². The third kappa shape index (κ3) is 2.40. The van der Waals surface area contributed by atoms with E-state index in [-0.39, 0.29) is 18.5 Å². The minimum Gasteiger partial charge on any atom is -0.329 e. The van der Waals surface area contributed by atoms with Crippen LogP contribution in [0.3, 0.4) is 0 Å². The van der Waals surface area contributed by atoms with Gasteiger partial charge in [0, 0.05) is 13.1 Å². The second kappa shape index (κ2) is 5.00. The lowest BCUT2D eigenvalue weighted by atomic mass is 10.1. The largest absolute Gasteiger partial charge is 0.329 e. The van der Waals surface area contributed by atoms with Crippen LogP contribution in [0.5, 0.6) is 0 Å². The molecule has 2 amide bonds. The number of nitrogens with one attached hydrogen (secondary N) is 1. The molecular formula is C12H11F2N3O. The molecule has 1 fully saturated rings. The summed E-state index contributed by atoms with van der Waals surface area (Å²) in [4.78, 5) is 13.0. The Morgan fingerprint density at radius 3 is 2.89 bits per heavy atom. The fourth-order valence-electron chi connectivity index (χ4n) is 1.88. The van der Waals surface area contributed by atoms with Gasteiger partial charge >= 0.3 is 6.03 Å². The summed E-state index contributed by atoms with van der Waals surface area (Å²) in [5.74, 6) is -1.85. The highest BCUT2D eigenvalue weighted by Crippen LogP contribution is 2.22. The maximum Gasteiger partial charge on any atom is 0.318 e. The lowest BCUT2D eigenvalue weighted by Gasteiger charge is -2.12. The van der Waals surface area contributed by atoms with Crippen LogP contribution in [0, 0.1) is 23.0 Å². The number of rotatable bonds is 3. The Kier molecular flexibility index (Phi) is 3.42. The molecule has 0 bridgehead atoms. The molecule has 1 aromatic rings.